The van der Waals surface area contributed by atoms with E-state index in [-0.39, 0.29) is 6.04 Å². The maximum atomic E-state index is 6.00. The molecule has 0 spiro atoms. The second kappa shape index (κ2) is 5.68. The first-order valence-corrected chi connectivity index (χ1v) is 5.98. The van der Waals surface area contributed by atoms with Crippen LogP contribution in [0.25, 0.3) is 0 Å². The zero-order chi connectivity index (χ0) is 11.4. The number of halogens is 2. The minimum Gasteiger partial charge on any atom is -0.367 e. The predicted octanol–water partition coefficient (Wildman–Crippen LogP) is 2.89. The molecule has 0 radical (unpaired) electrons. The van der Waals surface area contributed by atoms with Crippen LogP contribution in [0.15, 0.2) is 16.7 Å². The van der Waals surface area contributed by atoms with Gasteiger partial charge in [0.05, 0.1) is 5.02 Å². The first kappa shape index (κ1) is 12.7. The Balaban J connectivity index is 2.58. The summed E-state index contributed by atoms with van der Waals surface area (Å²) in [5.74, 6) is 1.11. The van der Waals surface area contributed by atoms with E-state index in [4.69, 9.17) is 17.3 Å². The summed E-state index contributed by atoms with van der Waals surface area (Å²) in [6.07, 6.45) is 1.70. The molecule has 0 fully saturated rings. The highest BCUT2D eigenvalue weighted by Gasteiger charge is 2.08. The van der Waals surface area contributed by atoms with E-state index in [1.54, 1.807) is 12.3 Å². The van der Waals surface area contributed by atoms with Crippen LogP contribution in [0.3, 0.4) is 0 Å². The first-order valence-electron chi connectivity index (χ1n) is 4.81. The van der Waals surface area contributed by atoms with Crippen molar-refractivity contribution in [2.45, 2.75) is 19.9 Å². The van der Waals surface area contributed by atoms with Crippen LogP contribution in [0, 0.1) is 5.92 Å². The average Bonchev–Trinajstić information content (AvgIpc) is 2.15. The van der Waals surface area contributed by atoms with Gasteiger partial charge < -0.3 is 11.1 Å². The Morgan fingerprint density at radius 2 is 2.27 bits per heavy atom. The lowest BCUT2D eigenvalue weighted by atomic mass is 10.1. The molecule has 0 saturated heterocycles. The van der Waals surface area contributed by atoms with E-state index in [2.05, 4.69) is 40.1 Å². The maximum Gasteiger partial charge on any atom is 0.144 e. The predicted molar refractivity (Wildman–Crippen MR) is 68.3 cm³/mol. The molecule has 0 aliphatic rings. The zero-order valence-corrected chi connectivity index (χ0v) is 11.1. The number of aromatic nitrogens is 1. The molecule has 3 nitrogen and oxygen atoms in total. The number of pyridine rings is 1. The van der Waals surface area contributed by atoms with Gasteiger partial charge >= 0.3 is 0 Å². The van der Waals surface area contributed by atoms with Crippen LogP contribution in [0.2, 0.25) is 5.02 Å². The largest absolute Gasteiger partial charge is 0.367 e. The number of nitrogens with zero attached hydrogens (tertiary/aromatic N) is 1. The summed E-state index contributed by atoms with van der Waals surface area (Å²) < 4.78 is 0.867. The molecule has 0 bridgehead atoms. The van der Waals surface area contributed by atoms with E-state index in [1.165, 1.54) is 0 Å². The Morgan fingerprint density at radius 3 is 2.80 bits per heavy atom. The third kappa shape index (κ3) is 3.97. The standard InChI is InChI=1S/C10H15BrClN3/c1-6(2)9(13)5-15-10-8(12)3-7(11)4-14-10/h3-4,6,9H,5,13H2,1-2H3,(H,14,15). The van der Waals surface area contributed by atoms with E-state index in [0.717, 1.165) is 4.47 Å². The van der Waals surface area contributed by atoms with Crippen molar-refractivity contribution in [2.75, 3.05) is 11.9 Å². The monoisotopic (exact) mass is 291 g/mol. The molecule has 0 aliphatic heterocycles. The summed E-state index contributed by atoms with van der Waals surface area (Å²) in [6.45, 7) is 4.85. The fourth-order valence-corrected chi connectivity index (χ4v) is 1.69. The van der Waals surface area contributed by atoms with Crippen LogP contribution >= 0.6 is 27.5 Å². The van der Waals surface area contributed by atoms with Crippen molar-refractivity contribution < 1.29 is 0 Å². The van der Waals surface area contributed by atoms with Gasteiger partial charge in [0, 0.05) is 23.3 Å². The molecule has 3 N–H and O–H groups in total. The van der Waals surface area contributed by atoms with Crippen LogP contribution < -0.4 is 11.1 Å². The summed E-state index contributed by atoms with van der Waals surface area (Å²) in [5, 5.41) is 3.73. The minimum absolute atomic E-state index is 0.103. The molecule has 1 atom stereocenters. The highest BCUT2D eigenvalue weighted by Crippen LogP contribution is 2.22. The van der Waals surface area contributed by atoms with Crippen molar-refractivity contribution in [3.05, 3.63) is 21.8 Å². The molecule has 1 unspecified atom stereocenters. The van der Waals surface area contributed by atoms with Gasteiger partial charge in [0.2, 0.25) is 0 Å². The number of rotatable bonds is 4. The van der Waals surface area contributed by atoms with Gasteiger partial charge in [0.1, 0.15) is 5.82 Å². The topological polar surface area (TPSA) is 50.9 Å². The lowest BCUT2D eigenvalue weighted by molar-refractivity contribution is 0.511. The average molecular weight is 293 g/mol. The fourth-order valence-electron chi connectivity index (χ4n) is 0.995. The maximum absolute atomic E-state index is 6.00. The Morgan fingerprint density at radius 1 is 1.60 bits per heavy atom. The Labute approximate surface area is 104 Å². The second-order valence-electron chi connectivity index (χ2n) is 3.77. The van der Waals surface area contributed by atoms with Gasteiger partial charge in [-0.1, -0.05) is 25.4 Å². The Hall–Kier alpha value is -0.320. The molecule has 0 amide bonds. The van der Waals surface area contributed by atoms with Gasteiger partial charge in [0.15, 0.2) is 0 Å². The van der Waals surface area contributed by atoms with Gasteiger partial charge in [0.25, 0.3) is 0 Å². The van der Waals surface area contributed by atoms with Crippen molar-refractivity contribution >= 4 is 33.3 Å². The molecule has 0 aromatic carbocycles. The summed E-state index contributed by atoms with van der Waals surface area (Å²) in [5.41, 5.74) is 5.90. The summed E-state index contributed by atoms with van der Waals surface area (Å²) in [6, 6.07) is 1.91. The lowest BCUT2D eigenvalue weighted by Crippen LogP contribution is -2.34. The summed E-state index contributed by atoms with van der Waals surface area (Å²) >= 11 is 9.30. The normalized spacial score (nSPS) is 12.9. The Kier molecular flexibility index (Phi) is 4.83. The third-order valence-electron chi connectivity index (χ3n) is 2.17. The van der Waals surface area contributed by atoms with E-state index < -0.39 is 0 Å². The van der Waals surface area contributed by atoms with Gasteiger partial charge in [-0.2, -0.15) is 0 Å². The van der Waals surface area contributed by atoms with Crippen LogP contribution in [0.5, 0.6) is 0 Å². The molecule has 1 aromatic heterocycles. The smallest absolute Gasteiger partial charge is 0.144 e. The number of hydrogen-bond donors (Lipinski definition) is 2. The molecule has 0 saturated carbocycles. The van der Waals surface area contributed by atoms with Crippen molar-refractivity contribution in [2.24, 2.45) is 11.7 Å². The van der Waals surface area contributed by atoms with E-state index in [1.807, 2.05) is 0 Å². The van der Waals surface area contributed by atoms with Crippen LogP contribution in [-0.4, -0.2) is 17.6 Å². The van der Waals surface area contributed by atoms with Crippen molar-refractivity contribution in [3.63, 3.8) is 0 Å². The van der Waals surface area contributed by atoms with Crippen LogP contribution in [-0.2, 0) is 0 Å². The van der Waals surface area contributed by atoms with Crippen molar-refractivity contribution in [1.29, 1.82) is 0 Å². The van der Waals surface area contributed by atoms with E-state index in [9.17, 15) is 0 Å². The second-order valence-corrected chi connectivity index (χ2v) is 5.10. The molecule has 1 heterocycles. The van der Waals surface area contributed by atoms with E-state index in [0.29, 0.717) is 23.3 Å². The molecule has 1 aromatic rings. The molecule has 1 rings (SSSR count). The minimum atomic E-state index is 0.103. The zero-order valence-electron chi connectivity index (χ0n) is 8.80. The van der Waals surface area contributed by atoms with Crippen molar-refractivity contribution in [1.82, 2.24) is 4.98 Å². The third-order valence-corrected chi connectivity index (χ3v) is 2.89. The van der Waals surface area contributed by atoms with Crippen LogP contribution in [0.4, 0.5) is 5.82 Å². The fraction of sp³-hybridized carbons (Fsp3) is 0.500. The van der Waals surface area contributed by atoms with Crippen LogP contribution in [0.1, 0.15) is 13.8 Å². The number of nitrogens with one attached hydrogen (secondary N) is 1. The van der Waals surface area contributed by atoms with Gasteiger partial charge in [-0.15, -0.1) is 0 Å². The first-order chi connectivity index (χ1) is 7.00. The van der Waals surface area contributed by atoms with Gasteiger partial charge in [-0.3, -0.25) is 0 Å². The number of hydrogen-bond acceptors (Lipinski definition) is 3. The SMILES string of the molecule is CC(C)C(N)CNc1ncc(Br)cc1Cl. The highest BCUT2D eigenvalue weighted by molar-refractivity contribution is 9.10. The Bertz CT molecular complexity index is 330. The highest BCUT2D eigenvalue weighted by atomic mass is 79.9. The van der Waals surface area contributed by atoms with Gasteiger partial charge in [-0.05, 0) is 27.9 Å². The molecule has 0 aliphatic carbocycles. The molecule has 84 valence electrons. The molecule has 15 heavy (non-hydrogen) atoms. The molecular weight excluding hydrogens is 277 g/mol. The number of anilines is 1. The van der Waals surface area contributed by atoms with Gasteiger partial charge in [-0.25, -0.2) is 4.98 Å². The summed E-state index contributed by atoms with van der Waals surface area (Å²) in [7, 11) is 0. The number of nitrogens with two attached hydrogens (primary N) is 1. The molecular formula is C10H15BrClN3. The lowest BCUT2D eigenvalue weighted by Gasteiger charge is -2.16. The quantitative estimate of drug-likeness (QED) is 0.897. The van der Waals surface area contributed by atoms with E-state index >= 15 is 0 Å². The molecule has 5 heteroatoms. The summed E-state index contributed by atoms with van der Waals surface area (Å²) in [4.78, 5) is 4.16. The van der Waals surface area contributed by atoms with Crippen molar-refractivity contribution in [3.8, 4) is 0 Å².